The van der Waals surface area contributed by atoms with Crippen LogP contribution >= 0.6 is 24.0 Å². The van der Waals surface area contributed by atoms with Crippen molar-refractivity contribution in [3.05, 3.63) is 65.2 Å². The summed E-state index contributed by atoms with van der Waals surface area (Å²) in [4.78, 5) is 14.9. The molecule has 2 N–H and O–H groups in total. The van der Waals surface area contributed by atoms with Crippen LogP contribution in [-0.2, 0) is 11.3 Å². The standard InChI is InChI=1S/C19H21ClN2O.ClH/c20-16-9-6-14(7-10-16)13-22(18-4-2-1-3-5-18)19(23)15-8-11-17(21)12-15;/h1-7,9-10,15,17H,8,11-13,21H2;1H. The molecular formula is C19H22Cl2N2O. The Kier molecular flexibility index (Phi) is 6.67. The van der Waals surface area contributed by atoms with E-state index >= 15 is 0 Å². The summed E-state index contributed by atoms with van der Waals surface area (Å²) in [5.41, 5.74) is 7.97. The molecule has 1 amide bonds. The number of hydrogen-bond donors (Lipinski definition) is 1. The number of rotatable bonds is 4. The van der Waals surface area contributed by atoms with Crippen molar-refractivity contribution in [1.82, 2.24) is 0 Å². The number of carbonyl (C=O) groups is 1. The summed E-state index contributed by atoms with van der Waals surface area (Å²) in [5, 5.41) is 0.702. The number of carbonyl (C=O) groups excluding carboxylic acids is 1. The quantitative estimate of drug-likeness (QED) is 0.872. The zero-order valence-electron chi connectivity index (χ0n) is 13.4. The smallest absolute Gasteiger partial charge is 0.230 e. The van der Waals surface area contributed by atoms with Crippen LogP contribution in [0.2, 0.25) is 5.02 Å². The van der Waals surface area contributed by atoms with Crippen molar-refractivity contribution in [1.29, 1.82) is 0 Å². The van der Waals surface area contributed by atoms with Gasteiger partial charge in [0.15, 0.2) is 0 Å². The summed E-state index contributed by atoms with van der Waals surface area (Å²) in [6.45, 7) is 0.547. The normalized spacial score (nSPS) is 19.6. The van der Waals surface area contributed by atoms with E-state index in [-0.39, 0.29) is 30.3 Å². The number of benzene rings is 2. The predicted molar refractivity (Wildman–Crippen MR) is 102 cm³/mol. The third kappa shape index (κ3) is 4.50. The molecule has 1 saturated carbocycles. The third-order valence-electron chi connectivity index (χ3n) is 4.41. The van der Waals surface area contributed by atoms with Gasteiger partial charge in [0.25, 0.3) is 0 Å². The molecule has 2 atom stereocenters. The van der Waals surface area contributed by atoms with Crippen LogP contribution in [0.1, 0.15) is 24.8 Å². The van der Waals surface area contributed by atoms with Crippen LogP contribution in [0.25, 0.3) is 0 Å². The van der Waals surface area contributed by atoms with Gasteiger partial charge in [-0.3, -0.25) is 4.79 Å². The van der Waals surface area contributed by atoms with Gasteiger partial charge in [-0.1, -0.05) is 41.9 Å². The second-order valence-corrected chi connectivity index (χ2v) is 6.59. The van der Waals surface area contributed by atoms with Gasteiger partial charge >= 0.3 is 0 Å². The van der Waals surface area contributed by atoms with Crippen LogP contribution in [0.15, 0.2) is 54.6 Å². The highest BCUT2D eigenvalue weighted by Crippen LogP contribution is 2.29. The Bertz CT molecular complexity index is 661. The molecule has 0 spiro atoms. The van der Waals surface area contributed by atoms with Crippen LogP contribution in [0.5, 0.6) is 0 Å². The third-order valence-corrected chi connectivity index (χ3v) is 4.66. The largest absolute Gasteiger partial charge is 0.328 e. The summed E-state index contributed by atoms with van der Waals surface area (Å²) in [5.74, 6) is 0.191. The SMILES string of the molecule is Cl.NC1CCC(C(=O)N(Cc2ccc(Cl)cc2)c2ccccc2)C1. The summed E-state index contributed by atoms with van der Waals surface area (Å²) in [6, 6.07) is 17.6. The Labute approximate surface area is 154 Å². The first-order valence-corrected chi connectivity index (χ1v) is 8.38. The molecule has 0 bridgehead atoms. The van der Waals surface area contributed by atoms with Crippen LogP contribution < -0.4 is 10.6 Å². The van der Waals surface area contributed by atoms with E-state index in [4.69, 9.17) is 17.3 Å². The molecule has 1 aliphatic rings. The molecule has 5 heteroatoms. The number of halogens is 2. The lowest BCUT2D eigenvalue weighted by atomic mass is 10.0. The lowest BCUT2D eigenvalue weighted by molar-refractivity contribution is -0.122. The first kappa shape index (κ1) is 18.8. The minimum Gasteiger partial charge on any atom is -0.328 e. The maximum absolute atomic E-state index is 13.0. The number of anilines is 1. The molecule has 3 nitrogen and oxygen atoms in total. The molecule has 1 aliphatic carbocycles. The highest BCUT2D eigenvalue weighted by molar-refractivity contribution is 6.30. The van der Waals surface area contributed by atoms with Gasteiger partial charge < -0.3 is 10.6 Å². The fourth-order valence-corrected chi connectivity index (χ4v) is 3.26. The Morgan fingerprint density at radius 3 is 2.33 bits per heavy atom. The van der Waals surface area contributed by atoms with E-state index < -0.39 is 0 Å². The van der Waals surface area contributed by atoms with E-state index in [1.54, 1.807) is 0 Å². The molecule has 1 fully saturated rings. The molecule has 24 heavy (non-hydrogen) atoms. The minimum atomic E-state index is 0. The summed E-state index contributed by atoms with van der Waals surface area (Å²) in [7, 11) is 0. The Morgan fingerprint density at radius 2 is 1.75 bits per heavy atom. The van der Waals surface area contributed by atoms with Crippen LogP contribution in [0.3, 0.4) is 0 Å². The molecule has 0 heterocycles. The molecule has 0 aliphatic heterocycles. The maximum Gasteiger partial charge on any atom is 0.230 e. The van der Waals surface area contributed by atoms with Crippen molar-refractivity contribution in [3.8, 4) is 0 Å². The molecule has 128 valence electrons. The lowest BCUT2D eigenvalue weighted by Crippen LogP contribution is -2.35. The van der Waals surface area contributed by atoms with Crippen molar-refractivity contribution >= 4 is 35.6 Å². The molecule has 2 aromatic rings. The molecule has 2 unspecified atom stereocenters. The minimum absolute atomic E-state index is 0. The van der Waals surface area contributed by atoms with E-state index in [2.05, 4.69) is 0 Å². The van der Waals surface area contributed by atoms with E-state index in [1.807, 2.05) is 59.5 Å². The van der Waals surface area contributed by atoms with E-state index in [0.29, 0.717) is 11.6 Å². The topological polar surface area (TPSA) is 46.3 Å². The highest BCUT2D eigenvalue weighted by Gasteiger charge is 2.31. The number of para-hydroxylation sites is 1. The van der Waals surface area contributed by atoms with Crippen molar-refractivity contribution in [2.75, 3.05) is 4.90 Å². The number of nitrogens with two attached hydrogens (primary N) is 1. The highest BCUT2D eigenvalue weighted by atomic mass is 35.5. The first-order chi connectivity index (χ1) is 11.1. The fourth-order valence-electron chi connectivity index (χ4n) is 3.14. The van der Waals surface area contributed by atoms with Gasteiger partial charge in [-0.2, -0.15) is 0 Å². The van der Waals surface area contributed by atoms with Crippen LogP contribution in [0.4, 0.5) is 5.69 Å². The van der Waals surface area contributed by atoms with Gasteiger partial charge in [-0.05, 0) is 49.1 Å². The first-order valence-electron chi connectivity index (χ1n) is 8.00. The van der Waals surface area contributed by atoms with E-state index in [9.17, 15) is 4.79 Å². The second-order valence-electron chi connectivity index (χ2n) is 6.16. The number of amides is 1. The monoisotopic (exact) mass is 364 g/mol. The molecule has 0 radical (unpaired) electrons. The molecule has 3 rings (SSSR count). The second kappa shape index (κ2) is 8.52. The summed E-state index contributed by atoms with van der Waals surface area (Å²) < 4.78 is 0. The lowest BCUT2D eigenvalue weighted by Gasteiger charge is -2.26. The predicted octanol–water partition coefficient (Wildman–Crippen LogP) is 4.42. The average molecular weight is 365 g/mol. The van der Waals surface area contributed by atoms with Crippen molar-refractivity contribution in [3.63, 3.8) is 0 Å². The van der Waals surface area contributed by atoms with Gasteiger partial charge in [0.1, 0.15) is 0 Å². The zero-order valence-corrected chi connectivity index (χ0v) is 15.0. The van der Waals surface area contributed by atoms with Crippen LogP contribution in [-0.4, -0.2) is 11.9 Å². The van der Waals surface area contributed by atoms with E-state index in [0.717, 1.165) is 30.5 Å². The Hall–Kier alpha value is -1.55. The maximum atomic E-state index is 13.0. The Balaban J connectivity index is 0.00000208. The molecule has 2 aromatic carbocycles. The van der Waals surface area contributed by atoms with Crippen molar-refractivity contribution in [2.45, 2.75) is 31.8 Å². The molecular weight excluding hydrogens is 343 g/mol. The number of nitrogens with zero attached hydrogens (tertiary/aromatic N) is 1. The summed E-state index contributed by atoms with van der Waals surface area (Å²) in [6.07, 6.45) is 2.59. The van der Waals surface area contributed by atoms with Gasteiger partial charge in [0, 0.05) is 22.7 Å². The van der Waals surface area contributed by atoms with Gasteiger partial charge in [-0.25, -0.2) is 0 Å². The van der Waals surface area contributed by atoms with Crippen molar-refractivity contribution < 1.29 is 4.79 Å². The molecule has 0 aromatic heterocycles. The fraction of sp³-hybridized carbons (Fsp3) is 0.316. The Morgan fingerprint density at radius 1 is 1.08 bits per heavy atom. The van der Waals surface area contributed by atoms with Gasteiger partial charge in [0.05, 0.1) is 6.54 Å². The van der Waals surface area contributed by atoms with Crippen molar-refractivity contribution in [2.24, 2.45) is 11.7 Å². The van der Waals surface area contributed by atoms with Crippen LogP contribution in [0, 0.1) is 5.92 Å². The van der Waals surface area contributed by atoms with Gasteiger partial charge in [-0.15, -0.1) is 12.4 Å². The summed E-state index contributed by atoms with van der Waals surface area (Å²) >= 11 is 5.95. The molecule has 0 saturated heterocycles. The number of hydrogen-bond acceptors (Lipinski definition) is 2. The zero-order chi connectivity index (χ0) is 16.2. The van der Waals surface area contributed by atoms with Gasteiger partial charge in [0.2, 0.25) is 5.91 Å². The van der Waals surface area contributed by atoms with E-state index in [1.165, 1.54) is 0 Å². The average Bonchev–Trinajstić information content (AvgIpc) is 3.01.